The highest BCUT2D eigenvalue weighted by molar-refractivity contribution is 5.82. The van der Waals surface area contributed by atoms with Crippen molar-refractivity contribution in [2.24, 2.45) is 5.92 Å². The van der Waals surface area contributed by atoms with Crippen molar-refractivity contribution < 1.29 is 9.90 Å². The van der Waals surface area contributed by atoms with Gasteiger partial charge in [0.1, 0.15) is 0 Å². The first kappa shape index (κ1) is 14.5. The van der Waals surface area contributed by atoms with Gasteiger partial charge in [-0.3, -0.25) is 4.79 Å². The SMILES string of the molecule is O=C(NC1CCN(CC2CC2)CC1)[C@@H](O)c1ccccc1. The highest BCUT2D eigenvalue weighted by Gasteiger charge is 2.28. The summed E-state index contributed by atoms with van der Waals surface area (Å²) in [5.74, 6) is 0.651. The number of aliphatic hydroxyl groups excluding tert-OH is 1. The average molecular weight is 288 g/mol. The Morgan fingerprint density at radius 2 is 1.86 bits per heavy atom. The van der Waals surface area contributed by atoms with Crippen LogP contribution in [0.25, 0.3) is 0 Å². The summed E-state index contributed by atoms with van der Waals surface area (Å²) in [6.45, 7) is 3.35. The molecule has 1 aliphatic heterocycles. The van der Waals surface area contributed by atoms with Gasteiger partial charge >= 0.3 is 0 Å². The first-order valence-electron chi connectivity index (χ1n) is 7.98. The minimum Gasteiger partial charge on any atom is -0.378 e. The van der Waals surface area contributed by atoms with Gasteiger partial charge in [0.15, 0.2) is 6.10 Å². The molecule has 1 atom stereocenters. The van der Waals surface area contributed by atoms with Gasteiger partial charge in [-0.2, -0.15) is 0 Å². The summed E-state index contributed by atoms with van der Waals surface area (Å²) < 4.78 is 0. The van der Waals surface area contributed by atoms with E-state index in [0.717, 1.165) is 31.8 Å². The zero-order valence-corrected chi connectivity index (χ0v) is 12.4. The van der Waals surface area contributed by atoms with Gasteiger partial charge in [0.05, 0.1) is 0 Å². The smallest absolute Gasteiger partial charge is 0.253 e. The van der Waals surface area contributed by atoms with E-state index in [1.54, 1.807) is 12.1 Å². The van der Waals surface area contributed by atoms with Crippen molar-refractivity contribution in [3.8, 4) is 0 Å². The summed E-state index contributed by atoms with van der Waals surface area (Å²) in [7, 11) is 0. The maximum Gasteiger partial charge on any atom is 0.253 e. The van der Waals surface area contributed by atoms with Crippen LogP contribution in [0.15, 0.2) is 30.3 Å². The Morgan fingerprint density at radius 1 is 1.19 bits per heavy atom. The van der Waals surface area contributed by atoms with Crippen molar-refractivity contribution in [2.45, 2.75) is 37.8 Å². The molecule has 0 spiro atoms. The topological polar surface area (TPSA) is 52.6 Å². The Kier molecular flexibility index (Phi) is 4.56. The number of amides is 1. The molecule has 1 aromatic carbocycles. The van der Waals surface area contributed by atoms with Crippen LogP contribution in [0.1, 0.15) is 37.4 Å². The predicted octanol–water partition coefficient (Wildman–Crippen LogP) is 1.71. The van der Waals surface area contributed by atoms with Crippen LogP contribution >= 0.6 is 0 Å². The zero-order chi connectivity index (χ0) is 14.7. The summed E-state index contributed by atoms with van der Waals surface area (Å²) in [4.78, 5) is 14.6. The van der Waals surface area contributed by atoms with E-state index in [-0.39, 0.29) is 11.9 Å². The molecule has 1 amide bonds. The van der Waals surface area contributed by atoms with E-state index in [1.807, 2.05) is 18.2 Å². The number of carbonyl (C=O) groups is 1. The van der Waals surface area contributed by atoms with Crippen molar-refractivity contribution in [3.05, 3.63) is 35.9 Å². The first-order valence-corrected chi connectivity index (χ1v) is 7.98. The number of likely N-dealkylation sites (tertiary alicyclic amines) is 1. The highest BCUT2D eigenvalue weighted by Crippen LogP contribution is 2.30. The number of hydrogen-bond acceptors (Lipinski definition) is 3. The second kappa shape index (κ2) is 6.58. The van der Waals surface area contributed by atoms with Gasteiger partial charge in [-0.1, -0.05) is 30.3 Å². The molecular weight excluding hydrogens is 264 g/mol. The molecule has 1 aliphatic carbocycles. The fraction of sp³-hybridized carbons (Fsp3) is 0.588. The Hall–Kier alpha value is -1.39. The summed E-state index contributed by atoms with van der Waals surface area (Å²) in [6.07, 6.45) is 3.69. The molecule has 2 N–H and O–H groups in total. The van der Waals surface area contributed by atoms with Gasteiger partial charge in [-0.25, -0.2) is 0 Å². The highest BCUT2D eigenvalue weighted by atomic mass is 16.3. The van der Waals surface area contributed by atoms with Crippen LogP contribution in [0.4, 0.5) is 0 Å². The molecule has 3 rings (SSSR count). The van der Waals surface area contributed by atoms with Crippen LogP contribution in [-0.4, -0.2) is 41.6 Å². The Bertz CT molecular complexity index is 465. The van der Waals surface area contributed by atoms with E-state index in [1.165, 1.54) is 19.4 Å². The molecule has 1 saturated heterocycles. The minimum atomic E-state index is -1.06. The second-order valence-electron chi connectivity index (χ2n) is 6.34. The van der Waals surface area contributed by atoms with Gasteiger partial charge in [0, 0.05) is 25.7 Å². The monoisotopic (exact) mass is 288 g/mol. The van der Waals surface area contributed by atoms with Crippen LogP contribution in [0.3, 0.4) is 0 Å². The van der Waals surface area contributed by atoms with Crippen molar-refractivity contribution in [1.29, 1.82) is 0 Å². The maximum absolute atomic E-state index is 12.1. The molecule has 1 aromatic rings. The van der Waals surface area contributed by atoms with Gasteiger partial charge in [0.2, 0.25) is 0 Å². The van der Waals surface area contributed by atoms with E-state index in [0.29, 0.717) is 5.56 Å². The summed E-state index contributed by atoms with van der Waals surface area (Å²) in [5.41, 5.74) is 0.654. The molecule has 4 heteroatoms. The molecule has 21 heavy (non-hydrogen) atoms. The number of carbonyl (C=O) groups excluding carboxylic acids is 1. The molecule has 0 bridgehead atoms. The number of nitrogens with zero attached hydrogens (tertiary/aromatic N) is 1. The molecule has 1 saturated carbocycles. The Labute approximate surface area is 126 Å². The van der Waals surface area contributed by atoms with Crippen molar-refractivity contribution in [3.63, 3.8) is 0 Å². The van der Waals surface area contributed by atoms with Gasteiger partial charge in [0.25, 0.3) is 5.91 Å². The summed E-state index contributed by atoms with van der Waals surface area (Å²) >= 11 is 0. The number of nitrogens with one attached hydrogen (secondary N) is 1. The van der Waals surface area contributed by atoms with Crippen LogP contribution in [0.2, 0.25) is 0 Å². The molecule has 0 radical (unpaired) electrons. The van der Waals surface area contributed by atoms with Crippen LogP contribution in [0, 0.1) is 5.92 Å². The van der Waals surface area contributed by atoms with E-state index in [4.69, 9.17) is 0 Å². The fourth-order valence-corrected chi connectivity index (χ4v) is 2.99. The third-order valence-corrected chi connectivity index (χ3v) is 4.51. The predicted molar refractivity (Wildman–Crippen MR) is 81.7 cm³/mol. The van der Waals surface area contributed by atoms with Crippen molar-refractivity contribution >= 4 is 5.91 Å². The zero-order valence-electron chi connectivity index (χ0n) is 12.4. The first-order chi connectivity index (χ1) is 10.2. The molecule has 2 aliphatic rings. The third kappa shape index (κ3) is 4.05. The lowest BCUT2D eigenvalue weighted by molar-refractivity contribution is -0.130. The largest absolute Gasteiger partial charge is 0.378 e. The van der Waals surface area contributed by atoms with E-state index in [9.17, 15) is 9.90 Å². The number of rotatable bonds is 5. The van der Waals surface area contributed by atoms with Gasteiger partial charge < -0.3 is 15.3 Å². The van der Waals surface area contributed by atoms with E-state index >= 15 is 0 Å². The van der Waals surface area contributed by atoms with Crippen LogP contribution in [-0.2, 0) is 4.79 Å². The molecule has 0 unspecified atom stereocenters. The van der Waals surface area contributed by atoms with Crippen LogP contribution < -0.4 is 5.32 Å². The fourth-order valence-electron chi connectivity index (χ4n) is 2.99. The van der Waals surface area contributed by atoms with Crippen LogP contribution in [0.5, 0.6) is 0 Å². The second-order valence-corrected chi connectivity index (χ2v) is 6.34. The maximum atomic E-state index is 12.1. The number of aliphatic hydroxyl groups is 1. The lowest BCUT2D eigenvalue weighted by Crippen LogP contribution is -2.46. The molecule has 2 fully saturated rings. The Balaban J connectivity index is 1.45. The Morgan fingerprint density at radius 3 is 2.48 bits per heavy atom. The molecule has 114 valence electrons. The number of benzene rings is 1. The normalized spacial score (nSPS) is 22.0. The average Bonchev–Trinajstić information content (AvgIpc) is 3.33. The number of piperidine rings is 1. The van der Waals surface area contributed by atoms with Crippen molar-refractivity contribution in [2.75, 3.05) is 19.6 Å². The summed E-state index contributed by atoms with van der Waals surface area (Å²) in [5, 5.41) is 13.1. The number of hydrogen-bond donors (Lipinski definition) is 2. The molecule has 0 aromatic heterocycles. The van der Waals surface area contributed by atoms with Crippen molar-refractivity contribution in [1.82, 2.24) is 10.2 Å². The van der Waals surface area contributed by atoms with Gasteiger partial charge in [-0.15, -0.1) is 0 Å². The van der Waals surface area contributed by atoms with E-state index in [2.05, 4.69) is 10.2 Å². The third-order valence-electron chi connectivity index (χ3n) is 4.51. The standard InChI is InChI=1S/C17H24N2O2/c20-16(14-4-2-1-3-5-14)17(21)18-15-8-10-19(11-9-15)12-13-6-7-13/h1-5,13,15-16,20H,6-12H2,(H,18,21)/t16-/m0/s1. The lowest BCUT2D eigenvalue weighted by atomic mass is 10.0. The van der Waals surface area contributed by atoms with E-state index < -0.39 is 6.10 Å². The molecule has 1 heterocycles. The molecular formula is C17H24N2O2. The summed E-state index contributed by atoms with van der Waals surface area (Å²) in [6, 6.07) is 9.31. The van der Waals surface area contributed by atoms with Gasteiger partial charge in [-0.05, 0) is 37.2 Å². The quantitative estimate of drug-likeness (QED) is 0.867. The molecule has 4 nitrogen and oxygen atoms in total. The minimum absolute atomic E-state index is 0.200. The lowest BCUT2D eigenvalue weighted by Gasteiger charge is -2.32.